The number of hydrogen-bond donors (Lipinski definition) is 1. The maximum absolute atomic E-state index is 11.9. The van der Waals surface area contributed by atoms with Crippen LogP contribution < -0.4 is 5.32 Å². The fraction of sp³-hybridized carbons (Fsp3) is 0.857. The molecule has 1 heterocycles. The summed E-state index contributed by atoms with van der Waals surface area (Å²) in [6, 6.07) is 0. The van der Waals surface area contributed by atoms with Crippen LogP contribution in [0.3, 0.4) is 0 Å². The third-order valence-electron chi connectivity index (χ3n) is 3.19. The molecule has 0 bridgehead atoms. The number of rotatable bonds is 12. The summed E-state index contributed by atoms with van der Waals surface area (Å²) in [6.45, 7) is 0. The molecule has 0 aromatic rings. The van der Waals surface area contributed by atoms with Gasteiger partial charge in [-0.25, -0.2) is 0 Å². The Morgan fingerprint density at radius 1 is 0.762 bits per heavy atom. The van der Waals surface area contributed by atoms with E-state index in [4.69, 9.17) is 0 Å². The minimum atomic E-state index is -0.174. The van der Waals surface area contributed by atoms with E-state index in [0.29, 0.717) is 0 Å². The molecular formula is C14H23I2NO2S2. The Morgan fingerprint density at radius 2 is 1.19 bits per heavy atom. The number of amides is 2. The zero-order valence-corrected chi connectivity index (χ0v) is 18.1. The van der Waals surface area contributed by atoms with Crippen molar-refractivity contribution in [3.05, 3.63) is 0 Å². The van der Waals surface area contributed by atoms with Gasteiger partial charge >= 0.3 is 0 Å². The van der Waals surface area contributed by atoms with Crippen LogP contribution in [-0.2, 0) is 9.59 Å². The summed E-state index contributed by atoms with van der Waals surface area (Å²) in [5.41, 5.74) is 0. The second-order valence-corrected chi connectivity index (χ2v) is 9.59. The molecule has 2 atom stereocenters. The summed E-state index contributed by atoms with van der Waals surface area (Å²) in [7, 11) is 0. The van der Waals surface area contributed by atoms with Crippen LogP contribution in [-0.4, -0.2) is 42.7 Å². The number of hydrogen-bond acceptors (Lipinski definition) is 4. The topological polar surface area (TPSA) is 46.2 Å². The Morgan fingerprint density at radius 3 is 1.57 bits per heavy atom. The number of thioether (sulfide) groups is 2. The van der Waals surface area contributed by atoms with Crippen LogP contribution in [0.4, 0.5) is 0 Å². The van der Waals surface area contributed by atoms with Crippen LogP contribution in [0.15, 0.2) is 0 Å². The summed E-state index contributed by atoms with van der Waals surface area (Å²) in [5, 5.41) is 2.15. The molecule has 122 valence electrons. The van der Waals surface area contributed by atoms with Gasteiger partial charge in [0.1, 0.15) is 10.5 Å². The molecule has 7 heteroatoms. The van der Waals surface area contributed by atoms with Crippen molar-refractivity contribution in [2.75, 3.05) is 20.4 Å². The van der Waals surface area contributed by atoms with Crippen molar-refractivity contribution in [1.29, 1.82) is 0 Å². The predicted molar refractivity (Wildman–Crippen MR) is 111 cm³/mol. The molecule has 1 N–H and O–H groups in total. The van der Waals surface area contributed by atoms with Gasteiger partial charge in [0, 0.05) is 0 Å². The Hall–Kier alpha value is 1.30. The molecule has 2 unspecified atom stereocenters. The molecule has 1 fully saturated rings. The minimum absolute atomic E-state index is 0.0800. The molecule has 3 nitrogen and oxygen atoms in total. The molecule has 0 aliphatic carbocycles. The lowest BCUT2D eigenvalue weighted by Gasteiger charge is -2.14. The van der Waals surface area contributed by atoms with E-state index >= 15 is 0 Å². The van der Waals surface area contributed by atoms with Crippen LogP contribution in [0, 0.1) is 0 Å². The molecule has 0 radical (unpaired) electrons. The molecule has 1 rings (SSSR count). The number of carbonyl (C=O) groups is 2. The third-order valence-corrected chi connectivity index (χ3v) is 7.63. The first-order chi connectivity index (χ1) is 10.2. The van der Waals surface area contributed by atoms with Crippen LogP contribution in [0.1, 0.15) is 38.5 Å². The standard InChI is InChI=1S/C14H23I2NO2S2/c15-7-3-1-5-9-20-11-12(14(19)17-13(11)18)21-10-6-2-4-8-16/h11-12H,1-10H2,(H,17,18,19). The van der Waals surface area contributed by atoms with E-state index < -0.39 is 0 Å². The van der Waals surface area contributed by atoms with Gasteiger partial charge in [-0.15, -0.1) is 23.5 Å². The van der Waals surface area contributed by atoms with Gasteiger partial charge in [0.15, 0.2) is 0 Å². The number of unbranched alkanes of at least 4 members (excludes halogenated alkanes) is 4. The second kappa shape index (κ2) is 12.7. The highest BCUT2D eigenvalue weighted by molar-refractivity contribution is 14.1. The molecule has 1 aliphatic heterocycles. The molecular weight excluding hydrogens is 532 g/mol. The van der Waals surface area contributed by atoms with Gasteiger partial charge < -0.3 is 0 Å². The molecule has 0 aromatic carbocycles. The van der Waals surface area contributed by atoms with Gasteiger partial charge in [-0.3, -0.25) is 14.9 Å². The monoisotopic (exact) mass is 555 g/mol. The largest absolute Gasteiger partial charge is 0.294 e. The number of alkyl halides is 2. The first-order valence-corrected chi connectivity index (χ1v) is 12.6. The molecule has 1 aliphatic rings. The summed E-state index contributed by atoms with van der Waals surface area (Å²) in [5.74, 6) is 1.80. The van der Waals surface area contributed by atoms with E-state index in [1.54, 1.807) is 23.5 Å². The lowest BCUT2D eigenvalue weighted by molar-refractivity contribution is -0.124. The van der Waals surface area contributed by atoms with Gasteiger partial charge in [0.2, 0.25) is 11.8 Å². The normalized spacial score (nSPS) is 21.8. The smallest absolute Gasteiger partial charge is 0.241 e. The fourth-order valence-electron chi connectivity index (χ4n) is 2.03. The van der Waals surface area contributed by atoms with E-state index in [0.717, 1.165) is 24.3 Å². The van der Waals surface area contributed by atoms with Crippen molar-refractivity contribution >= 4 is 80.5 Å². The zero-order valence-electron chi connectivity index (χ0n) is 12.1. The molecule has 0 aromatic heterocycles. The third kappa shape index (κ3) is 8.10. The number of halogens is 2. The molecule has 0 spiro atoms. The van der Waals surface area contributed by atoms with Crippen LogP contribution in [0.25, 0.3) is 0 Å². The quantitative estimate of drug-likeness (QED) is 0.171. The van der Waals surface area contributed by atoms with E-state index in [9.17, 15) is 9.59 Å². The Kier molecular flexibility index (Phi) is 12.3. The molecule has 21 heavy (non-hydrogen) atoms. The summed E-state index contributed by atoms with van der Waals surface area (Å²) >= 11 is 8.11. The van der Waals surface area contributed by atoms with E-state index in [-0.39, 0.29) is 22.3 Å². The van der Waals surface area contributed by atoms with Gasteiger partial charge in [-0.1, -0.05) is 58.0 Å². The number of nitrogens with one attached hydrogen (secondary N) is 1. The summed E-state index contributed by atoms with van der Waals surface area (Å²) in [6.07, 6.45) is 7.19. The van der Waals surface area contributed by atoms with Gasteiger partial charge in [-0.05, 0) is 46.0 Å². The zero-order chi connectivity index (χ0) is 15.5. The summed E-state index contributed by atoms with van der Waals surface area (Å²) in [4.78, 5) is 23.8. The lowest BCUT2D eigenvalue weighted by Crippen LogP contribution is -2.24. The SMILES string of the molecule is O=C1NC(=O)C(SCCCCCI)C1SCCCCCI. The van der Waals surface area contributed by atoms with Gasteiger partial charge in [0.05, 0.1) is 0 Å². The van der Waals surface area contributed by atoms with Crippen molar-refractivity contribution in [2.45, 2.75) is 49.0 Å². The van der Waals surface area contributed by atoms with Gasteiger partial charge in [-0.2, -0.15) is 0 Å². The van der Waals surface area contributed by atoms with Crippen molar-refractivity contribution in [3.63, 3.8) is 0 Å². The lowest BCUT2D eigenvalue weighted by atomic mass is 10.3. The highest BCUT2D eigenvalue weighted by Crippen LogP contribution is 2.30. The van der Waals surface area contributed by atoms with Crippen molar-refractivity contribution < 1.29 is 9.59 Å². The van der Waals surface area contributed by atoms with E-state index in [1.807, 2.05) is 0 Å². The maximum Gasteiger partial charge on any atom is 0.241 e. The maximum atomic E-state index is 11.9. The van der Waals surface area contributed by atoms with Crippen molar-refractivity contribution in [2.24, 2.45) is 0 Å². The minimum Gasteiger partial charge on any atom is -0.294 e. The Balaban J connectivity index is 2.28. The average Bonchev–Trinajstić information content (AvgIpc) is 2.73. The second-order valence-electron chi connectivity index (χ2n) is 4.94. The Bertz CT molecular complexity index is 302. The number of carbonyl (C=O) groups excluding carboxylic acids is 2. The molecule has 0 saturated carbocycles. The first kappa shape index (κ1) is 20.3. The summed E-state index contributed by atoms with van der Waals surface area (Å²) < 4.78 is 2.39. The van der Waals surface area contributed by atoms with Crippen LogP contribution >= 0.6 is 68.7 Å². The van der Waals surface area contributed by atoms with Crippen LogP contribution in [0.2, 0.25) is 0 Å². The predicted octanol–water partition coefficient (Wildman–Crippen LogP) is 4.06. The highest BCUT2D eigenvalue weighted by atomic mass is 127. The van der Waals surface area contributed by atoms with Crippen molar-refractivity contribution in [3.8, 4) is 0 Å². The highest BCUT2D eigenvalue weighted by Gasteiger charge is 2.41. The van der Waals surface area contributed by atoms with E-state index in [1.165, 1.54) is 34.5 Å². The fourth-order valence-corrected chi connectivity index (χ4v) is 5.85. The van der Waals surface area contributed by atoms with Gasteiger partial charge in [0.25, 0.3) is 0 Å². The van der Waals surface area contributed by atoms with Crippen molar-refractivity contribution in [1.82, 2.24) is 5.32 Å². The molecule has 2 amide bonds. The molecule has 1 saturated heterocycles. The van der Waals surface area contributed by atoms with E-state index in [2.05, 4.69) is 50.5 Å². The first-order valence-electron chi connectivity index (χ1n) is 7.40. The number of imide groups is 1. The Labute approximate surface area is 163 Å². The van der Waals surface area contributed by atoms with Crippen LogP contribution in [0.5, 0.6) is 0 Å². The average molecular weight is 555 g/mol.